The second kappa shape index (κ2) is 11.3. The fraction of sp³-hybridized carbons (Fsp3) is 0.240. The number of halogens is 2. The number of piperazine rings is 1. The van der Waals surface area contributed by atoms with Gasteiger partial charge in [-0.2, -0.15) is 0 Å². The summed E-state index contributed by atoms with van der Waals surface area (Å²) in [5.74, 6) is 0.667. The number of hydrogen-bond acceptors (Lipinski definition) is 6. The van der Waals surface area contributed by atoms with Gasteiger partial charge in [-0.3, -0.25) is 9.52 Å². The molecule has 0 unspecified atom stereocenters. The lowest BCUT2D eigenvalue weighted by Crippen LogP contribution is -2.50. The maximum absolute atomic E-state index is 12.7. The molecule has 1 fully saturated rings. The Bertz CT molecular complexity index is 1330. The van der Waals surface area contributed by atoms with Gasteiger partial charge >= 0.3 is 0 Å². The molecule has 0 saturated carbocycles. The Kier molecular flexibility index (Phi) is 8.13. The Morgan fingerprint density at radius 2 is 1.69 bits per heavy atom. The number of nitrogens with one attached hydrogen (secondary N) is 1. The molecule has 0 bridgehead atoms. The van der Waals surface area contributed by atoms with Crippen LogP contribution in [-0.2, 0) is 14.8 Å². The van der Waals surface area contributed by atoms with Gasteiger partial charge in [0, 0.05) is 42.6 Å². The average Bonchev–Trinajstić information content (AvgIpc) is 2.88. The molecule has 1 saturated heterocycles. The number of benzene rings is 3. The molecule has 0 spiro atoms. The summed E-state index contributed by atoms with van der Waals surface area (Å²) < 4.78 is 38.6. The zero-order valence-electron chi connectivity index (χ0n) is 19.5. The third-order valence-electron chi connectivity index (χ3n) is 5.71. The molecule has 3 aromatic carbocycles. The molecule has 1 N–H and O–H groups in total. The molecule has 36 heavy (non-hydrogen) atoms. The summed E-state index contributed by atoms with van der Waals surface area (Å²) in [7, 11) is -2.34. The molecule has 190 valence electrons. The van der Waals surface area contributed by atoms with Crippen molar-refractivity contribution in [3.05, 3.63) is 76.8 Å². The number of nitrogens with zero attached hydrogens (tertiary/aromatic N) is 2. The summed E-state index contributed by atoms with van der Waals surface area (Å²) >= 11 is 12.3. The van der Waals surface area contributed by atoms with E-state index in [9.17, 15) is 13.2 Å². The van der Waals surface area contributed by atoms with E-state index in [0.29, 0.717) is 42.6 Å². The van der Waals surface area contributed by atoms with E-state index < -0.39 is 10.0 Å². The first-order valence-corrected chi connectivity index (χ1v) is 13.4. The van der Waals surface area contributed by atoms with Crippen molar-refractivity contribution in [1.82, 2.24) is 4.90 Å². The summed E-state index contributed by atoms with van der Waals surface area (Å²) in [4.78, 5) is 16.5. The first kappa shape index (κ1) is 25.9. The Morgan fingerprint density at radius 3 is 2.33 bits per heavy atom. The van der Waals surface area contributed by atoms with Crippen LogP contribution in [0.3, 0.4) is 0 Å². The van der Waals surface area contributed by atoms with Gasteiger partial charge in [0.2, 0.25) is 0 Å². The maximum Gasteiger partial charge on any atom is 0.261 e. The third-order valence-corrected chi connectivity index (χ3v) is 7.62. The minimum atomic E-state index is -3.87. The van der Waals surface area contributed by atoms with Crippen molar-refractivity contribution in [3.8, 4) is 11.5 Å². The van der Waals surface area contributed by atoms with E-state index in [1.54, 1.807) is 29.2 Å². The average molecular weight is 550 g/mol. The number of sulfonamides is 1. The van der Waals surface area contributed by atoms with Crippen molar-refractivity contribution in [3.63, 3.8) is 0 Å². The van der Waals surface area contributed by atoms with Gasteiger partial charge in [0.15, 0.2) is 6.61 Å². The first-order chi connectivity index (χ1) is 17.2. The SMILES string of the molecule is COc1ccc(NS(=O)(=O)c2ccc(OCC(=O)N3CCN(c4cccc(Cl)c4)CC3)c(Cl)c2)cc1. The molecular weight excluding hydrogens is 525 g/mol. The maximum atomic E-state index is 12.7. The number of amides is 1. The zero-order valence-corrected chi connectivity index (χ0v) is 21.8. The molecule has 1 aliphatic rings. The molecule has 1 heterocycles. The van der Waals surface area contributed by atoms with Crippen molar-refractivity contribution in [2.45, 2.75) is 4.90 Å². The van der Waals surface area contributed by atoms with E-state index >= 15 is 0 Å². The Labute approximate surface area is 220 Å². The highest BCUT2D eigenvalue weighted by Gasteiger charge is 2.22. The lowest BCUT2D eigenvalue weighted by atomic mass is 10.2. The van der Waals surface area contributed by atoms with Gasteiger partial charge in [0.05, 0.1) is 17.0 Å². The summed E-state index contributed by atoms with van der Waals surface area (Å²) in [6.07, 6.45) is 0. The van der Waals surface area contributed by atoms with E-state index in [1.165, 1.54) is 25.3 Å². The second-order valence-corrected chi connectivity index (χ2v) is 10.6. The van der Waals surface area contributed by atoms with Gasteiger partial charge in [-0.15, -0.1) is 0 Å². The quantitative estimate of drug-likeness (QED) is 0.444. The van der Waals surface area contributed by atoms with Crippen LogP contribution in [0.2, 0.25) is 10.0 Å². The summed E-state index contributed by atoms with van der Waals surface area (Å²) in [5.41, 5.74) is 1.41. The van der Waals surface area contributed by atoms with E-state index in [1.807, 2.05) is 24.3 Å². The highest BCUT2D eigenvalue weighted by molar-refractivity contribution is 7.92. The summed E-state index contributed by atoms with van der Waals surface area (Å²) in [5, 5.41) is 0.762. The minimum Gasteiger partial charge on any atom is -0.497 e. The van der Waals surface area contributed by atoms with Gasteiger partial charge in [0.1, 0.15) is 11.5 Å². The standard InChI is InChI=1S/C25H25Cl2N3O5S/c1-34-21-7-5-19(6-8-21)28-36(32,33)22-9-10-24(23(27)16-22)35-17-25(31)30-13-11-29(12-14-30)20-4-2-3-18(26)15-20/h2-10,15-16,28H,11-14,17H2,1H3. The van der Waals surface area contributed by atoms with Crippen LogP contribution in [0.1, 0.15) is 0 Å². The fourth-order valence-corrected chi connectivity index (χ4v) is 5.33. The van der Waals surface area contributed by atoms with Gasteiger partial charge in [-0.05, 0) is 60.7 Å². The first-order valence-electron chi connectivity index (χ1n) is 11.1. The number of carbonyl (C=O) groups excluding carboxylic acids is 1. The van der Waals surface area contributed by atoms with Crippen LogP contribution in [-0.4, -0.2) is 59.1 Å². The predicted molar refractivity (Wildman–Crippen MR) is 141 cm³/mol. The molecule has 1 amide bonds. The zero-order chi connectivity index (χ0) is 25.7. The molecule has 0 radical (unpaired) electrons. The predicted octanol–water partition coefficient (Wildman–Crippen LogP) is 4.53. The monoisotopic (exact) mass is 549 g/mol. The fourth-order valence-electron chi connectivity index (χ4n) is 3.76. The molecule has 3 aromatic rings. The second-order valence-electron chi connectivity index (χ2n) is 8.06. The van der Waals surface area contributed by atoms with E-state index in [0.717, 1.165) is 5.69 Å². The van der Waals surface area contributed by atoms with Crippen LogP contribution in [0.4, 0.5) is 11.4 Å². The molecule has 11 heteroatoms. The molecule has 0 atom stereocenters. The largest absolute Gasteiger partial charge is 0.497 e. The highest BCUT2D eigenvalue weighted by Crippen LogP contribution is 2.29. The topological polar surface area (TPSA) is 88.2 Å². The lowest BCUT2D eigenvalue weighted by molar-refractivity contribution is -0.133. The number of anilines is 2. The smallest absolute Gasteiger partial charge is 0.261 e. The van der Waals surface area contributed by atoms with Crippen LogP contribution >= 0.6 is 23.2 Å². The van der Waals surface area contributed by atoms with E-state index in [2.05, 4.69) is 9.62 Å². The number of hydrogen-bond donors (Lipinski definition) is 1. The molecule has 8 nitrogen and oxygen atoms in total. The molecule has 1 aliphatic heterocycles. The number of rotatable bonds is 8. The Hall–Kier alpha value is -3.14. The van der Waals surface area contributed by atoms with Crippen LogP contribution < -0.4 is 19.1 Å². The van der Waals surface area contributed by atoms with Crippen molar-refractivity contribution in [1.29, 1.82) is 0 Å². The molecule has 4 rings (SSSR count). The number of methoxy groups -OCH3 is 1. The van der Waals surface area contributed by atoms with Crippen LogP contribution in [0.15, 0.2) is 71.6 Å². The van der Waals surface area contributed by atoms with Gasteiger partial charge in [-0.25, -0.2) is 8.42 Å². The van der Waals surface area contributed by atoms with Crippen molar-refractivity contribution >= 4 is 50.5 Å². The van der Waals surface area contributed by atoms with Crippen molar-refractivity contribution in [2.75, 3.05) is 49.5 Å². The lowest BCUT2D eigenvalue weighted by Gasteiger charge is -2.36. The van der Waals surface area contributed by atoms with Crippen LogP contribution in [0, 0.1) is 0 Å². The highest BCUT2D eigenvalue weighted by atomic mass is 35.5. The van der Waals surface area contributed by atoms with Crippen LogP contribution in [0.25, 0.3) is 0 Å². The van der Waals surface area contributed by atoms with E-state index in [-0.39, 0.29) is 28.2 Å². The van der Waals surface area contributed by atoms with Gasteiger partial charge < -0.3 is 19.3 Å². The number of carbonyl (C=O) groups is 1. The normalized spacial score (nSPS) is 13.9. The van der Waals surface area contributed by atoms with Gasteiger partial charge in [0.25, 0.3) is 15.9 Å². The van der Waals surface area contributed by atoms with Crippen LogP contribution in [0.5, 0.6) is 11.5 Å². The third kappa shape index (κ3) is 6.34. The Morgan fingerprint density at radius 1 is 0.972 bits per heavy atom. The summed E-state index contributed by atoms with van der Waals surface area (Å²) in [6, 6.07) is 18.2. The molecular formula is C25H25Cl2N3O5S. The van der Waals surface area contributed by atoms with E-state index in [4.69, 9.17) is 32.7 Å². The minimum absolute atomic E-state index is 0.0286. The summed E-state index contributed by atoms with van der Waals surface area (Å²) in [6.45, 7) is 2.27. The van der Waals surface area contributed by atoms with Gasteiger partial charge in [-0.1, -0.05) is 29.3 Å². The van der Waals surface area contributed by atoms with Crippen molar-refractivity contribution in [2.24, 2.45) is 0 Å². The number of ether oxygens (including phenoxy) is 2. The molecule has 0 aromatic heterocycles. The molecule has 0 aliphatic carbocycles. The van der Waals surface area contributed by atoms with Crippen molar-refractivity contribution < 1.29 is 22.7 Å². The Balaban J connectivity index is 1.31.